The van der Waals surface area contributed by atoms with Crippen LogP contribution in [0.3, 0.4) is 0 Å². The van der Waals surface area contributed by atoms with Gasteiger partial charge in [-0.15, -0.1) is 0 Å². The van der Waals surface area contributed by atoms with E-state index in [4.69, 9.17) is 14.2 Å². The SMILES string of the molecule is CN(C)CC1CC(=O)C2=C(C1)O[C@@H]1C(=C2)C=C[C@]2(C)[C@@H](c3ccc4cnccc4c3)C(=O)C[C@@H]12.CN(C)CC1CC(=O)C2=C(C1)O[C@@H]1C(=C2)CC[C@]2(C)[C@@H](c3ccc4ccncc4c3)C(=O)C[C@@H]12.CN(C)CC1CC(=O)C2=C(C1)O[C@@H]1C(=C2)CC[C@]2(C)[C@@H](c3ccc4cnccc4c3)C(=O)C[C@@H]12. The molecule has 9 aliphatic carbocycles. The monoisotopic (exact) mass is 1370 g/mol. The minimum atomic E-state index is -0.334. The molecule has 15 nitrogen and oxygen atoms in total. The summed E-state index contributed by atoms with van der Waals surface area (Å²) in [4.78, 5) is 98.3. The Hall–Kier alpha value is -8.63. The second-order valence-electron chi connectivity index (χ2n) is 33.4. The summed E-state index contributed by atoms with van der Waals surface area (Å²) < 4.78 is 20.0. The molecule has 0 bridgehead atoms. The molecule has 102 heavy (non-hydrogen) atoms. The van der Waals surface area contributed by atoms with Crippen molar-refractivity contribution in [1.29, 1.82) is 0 Å². The Morgan fingerprint density at radius 3 is 1.25 bits per heavy atom. The van der Waals surface area contributed by atoms with Gasteiger partial charge in [-0.05, 0) is 189 Å². The third-order valence-electron chi connectivity index (χ3n) is 25.6. The highest BCUT2D eigenvalue weighted by atomic mass is 16.5. The molecule has 5 saturated carbocycles. The van der Waals surface area contributed by atoms with Crippen LogP contribution in [-0.2, 0) is 43.0 Å². The molecule has 12 aliphatic rings. The number of carbonyl (C=O) groups excluding carboxylic acids is 6. The lowest BCUT2D eigenvalue weighted by Gasteiger charge is -2.47. The van der Waals surface area contributed by atoms with Crippen LogP contribution in [0, 0.1) is 51.8 Å². The molecule has 15 heteroatoms. The van der Waals surface area contributed by atoms with Crippen molar-refractivity contribution in [1.82, 2.24) is 29.7 Å². The summed E-state index contributed by atoms with van der Waals surface area (Å²) in [6.45, 7) is 9.40. The van der Waals surface area contributed by atoms with Crippen LogP contribution in [-0.4, -0.2) is 145 Å². The number of Topliss-reactive ketones (excluding diaryl/α,β-unsaturated/α-hetero) is 6. The maximum absolute atomic E-state index is 13.5. The molecule has 0 amide bonds. The summed E-state index contributed by atoms with van der Waals surface area (Å²) in [5, 5.41) is 6.62. The van der Waals surface area contributed by atoms with E-state index in [1.165, 1.54) is 11.1 Å². The van der Waals surface area contributed by atoms with E-state index < -0.39 is 0 Å². The molecule has 6 aromatic rings. The highest BCUT2D eigenvalue weighted by molar-refractivity contribution is 6.02. The van der Waals surface area contributed by atoms with Gasteiger partial charge < -0.3 is 28.9 Å². The van der Waals surface area contributed by atoms with Crippen LogP contribution in [0.1, 0.15) is 139 Å². The van der Waals surface area contributed by atoms with Gasteiger partial charge in [0.1, 0.15) is 52.9 Å². The Balaban J connectivity index is 0.000000118. The summed E-state index contributed by atoms with van der Waals surface area (Å²) >= 11 is 0. The lowest BCUT2D eigenvalue weighted by Crippen LogP contribution is -2.44. The van der Waals surface area contributed by atoms with Gasteiger partial charge in [-0.3, -0.25) is 43.7 Å². The molecule has 3 unspecified atom stereocenters. The standard InChI is InChI=1S/C29H32N2O3.C29H30N2O3.C29H32N2O3/c2*1-29-8-6-20-13-22-24(32)10-17(16-31(2)3)11-26(22)34-28(20)23(29)14-25(33)27(29)19-4-5-21-15-30-9-7-18(21)12-19;1-29-8-6-20-13-22-24(32)10-17(16-31(2)3)11-26(22)34-28(20)23(29)14-25(33)27(29)19-5-4-18-7-9-30-15-21(18)12-19/h4-5,7,9,12-13,15,17,23,27-28H,6,8,10-11,14,16H2,1-3H3;4-9,12-13,15,17,23,27-28H,10-11,14,16H2,1-3H3;4-5,7,9,12-13,15,17,23,27-28H,6,8,10-11,14,16H2,1-3H3/t3*17?,23-,27-,28+,29-/m000/s1. The Kier molecular flexibility index (Phi) is 17.5. The predicted octanol–water partition coefficient (Wildman–Crippen LogP) is 14.3. The van der Waals surface area contributed by atoms with Gasteiger partial charge in [0.15, 0.2) is 17.3 Å². The number of nitrogens with zero attached hydrogens (tertiary/aromatic N) is 6. The zero-order chi connectivity index (χ0) is 70.8. The van der Waals surface area contributed by atoms with Crippen molar-refractivity contribution < 1.29 is 43.0 Å². The second kappa shape index (κ2) is 26.3. The summed E-state index contributed by atoms with van der Waals surface area (Å²) in [7, 11) is 12.3. The van der Waals surface area contributed by atoms with Gasteiger partial charge >= 0.3 is 0 Å². The van der Waals surface area contributed by atoms with E-state index in [9.17, 15) is 28.8 Å². The number of fused-ring (bicyclic) bond motifs is 12. The summed E-state index contributed by atoms with van der Waals surface area (Å²) in [5.41, 5.74) is 8.36. The van der Waals surface area contributed by atoms with Crippen molar-refractivity contribution in [2.24, 2.45) is 51.8 Å². The molecule has 0 radical (unpaired) electrons. The molecule has 5 fully saturated rings. The largest absolute Gasteiger partial charge is 0.489 e. The molecule has 15 atom stereocenters. The fourth-order valence-corrected chi connectivity index (χ4v) is 21.0. The Bertz CT molecular complexity index is 4560. The van der Waals surface area contributed by atoms with Crippen molar-refractivity contribution in [3.8, 4) is 0 Å². The first-order valence-corrected chi connectivity index (χ1v) is 37.1. The summed E-state index contributed by atoms with van der Waals surface area (Å²) in [6, 6.07) is 25.1. The molecule has 0 spiro atoms. The maximum Gasteiger partial charge on any atom is 0.166 e. The van der Waals surface area contributed by atoms with Crippen LogP contribution in [0.5, 0.6) is 0 Å². The number of benzene rings is 3. The van der Waals surface area contributed by atoms with Crippen LogP contribution >= 0.6 is 0 Å². The van der Waals surface area contributed by atoms with Crippen molar-refractivity contribution in [3.05, 3.63) is 208 Å². The number of allylic oxidation sites excluding steroid dienone is 10. The Morgan fingerprint density at radius 2 is 0.794 bits per heavy atom. The van der Waals surface area contributed by atoms with Gasteiger partial charge in [-0.2, -0.15) is 0 Å². The van der Waals surface area contributed by atoms with E-state index in [0.29, 0.717) is 50.1 Å². The quantitative estimate of drug-likeness (QED) is 0.133. The highest BCUT2D eigenvalue weighted by Crippen LogP contribution is 2.64. The number of pyridine rings is 3. The van der Waals surface area contributed by atoms with Crippen LogP contribution in [0.4, 0.5) is 0 Å². The molecule has 3 aromatic heterocycles. The lowest BCUT2D eigenvalue weighted by atomic mass is 9.61. The van der Waals surface area contributed by atoms with Gasteiger partial charge in [0.25, 0.3) is 0 Å². The van der Waals surface area contributed by atoms with E-state index in [-0.39, 0.29) is 111 Å². The van der Waals surface area contributed by atoms with Crippen LogP contribution in [0.15, 0.2) is 191 Å². The number of rotatable bonds is 9. The van der Waals surface area contributed by atoms with Crippen LogP contribution in [0.2, 0.25) is 0 Å². The molecule has 3 aliphatic heterocycles. The van der Waals surface area contributed by atoms with E-state index in [1.54, 1.807) is 18.6 Å². The minimum Gasteiger partial charge on any atom is -0.489 e. The average Bonchev–Trinajstić information content (AvgIpc) is 1.63. The van der Waals surface area contributed by atoms with Gasteiger partial charge in [0, 0.05) is 166 Å². The molecule has 0 saturated heterocycles. The number of aromatic nitrogens is 3. The third kappa shape index (κ3) is 12.0. The van der Waals surface area contributed by atoms with Crippen molar-refractivity contribution in [3.63, 3.8) is 0 Å². The number of ether oxygens (including phenoxy) is 3. The highest BCUT2D eigenvalue weighted by Gasteiger charge is 2.61. The molecule has 526 valence electrons. The van der Waals surface area contributed by atoms with Crippen LogP contribution in [0.25, 0.3) is 32.3 Å². The summed E-state index contributed by atoms with van der Waals surface area (Å²) in [6.07, 6.45) is 30.5. The fraction of sp³-hybridized carbons (Fsp3) is 0.460. The molecule has 18 rings (SSSR count). The zero-order valence-corrected chi connectivity index (χ0v) is 60.4. The molecule has 3 aromatic carbocycles. The Morgan fingerprint density at radius 1 is 0.412 bits per heavy atom. The van der Waals surface area contributed by atoms with Crippen molar-refractivity contribution >= 4 is 67.0 Å². The van der Waals surface area contributed by atoms with Crippen molar-refractivity contribution in [2.45, 2.75) is 140 Å². The average molecular weight is 1370 g/mol. The maximum atomic E-state index is 13.5. The van der Waals surface area contributed by atoms with E-state index in [1.807, 2.05) is 85.2 Å². The number of ketones is 6. The van der Waals surface area contributed by atoms with Crippen molar-refractivity contribution in [2.75, 3.05) is 61.9 Å². The molecular weight excluding hydrogens is 1270 g/mol. The topological polar surface area (TPSA) is 178 Å². The summed E-state index contributed by atoms with van der Waals surface area (Å²) in [5.74, 6) is 4.72. The number of hydrogen-bond acceptors (Lipinski definition) is 15. The third-order valence-corrected chi connectivity index (χ3v) is 25.6. The first-order valence-electron chi connectivity index (χ1n) is 37.1. The minimum absolute atomic E-state index is 0.0489. The van der Waals surface area contributed by atoms with Gasteiger partial charge in [0.2, 0.25) is 0 Å². The zero-order valence-electron chi connectivity index (χ0n) is 60.4. The molecule has 6 heterocycles. The fourth-order valence-electron chi connectivity index (χ4n) is 21.0. The normalized spacial score (nSPS) is 32.7. The van der Waals surface area contributed by atoms with E-state index in [2.05, 4.69) is 129 Å². The van der Waals surface area contributed by atoms with Gasteiger partial charge in [-0.1, -0.05) is 81.5 Å². The Labute approximate surface area is 598 Å². The lowest BCUT2D eigenvalue weighted by molar-refractivity contribution is -0.120. The predicted molar refractivity (Wildman–Crippen MR) is 394 cm³/mol. The first-order chi connectivity index (χ1) is 49.0. The molecular formula is C87H94N6O9. The van der Waals surface area contributed by atoms with Crippen LogP contribution < -0.4 is 0 Å². The first kappa shape index (κ1) is 67.8. The molecule has 0 N–H and O–H groups in total. The number of hydrogen-bond donors (Lipinski definition) is 0. The second-order valence-corrected chi connectivity index (χ2v) is 33.4. The smallest absolute Gasteiger partial charge is 0.166 e. The number of carbonyl (C=O) groups is 6. The van der Waals surface area contributed by atoms with E-state index >= 15 is 0 Å². The van der Waals surface area contributed by atoms with E-state index in [0.717, 1.165) is 153 Å². The van der Waals surface area contributed by atoms with Gasteiger partial charge in [0.05, 0.1) is 22.6 Å². The van der Waals surface area contributed by atoms with Gasteiger partial charge in [-0.25, -0.2) is 0 Å².